The lowest BCUT2D eigenvalue weighted by Crippen LogP contribution is -2.42. The topological polar surface area (TPSA) is 6.48 Å². The Morgan fingerprint density at radius 1 is 0.818 bits per heavy atom. The third-order valence-corrected chi connectivity index (χ3v) is 2.63. The van der Waals surface area contributed by atoms with Crippen molar-refractivity contribution in [1.29, 1.82) is 0 Å². The lowest BCUT2D eigenvalue weighted by molar-refractivity contribution is 0.00192. The molecular weight excluding hydrogens is 136 g/mol. The fourth-order valence-corrected chi connectivity index (χ4v) is 1.98. The number of nitrogens with zero attached hydrogens (tertiary/aromatic N) is 2. The van der Waals surface area contributed by atoms with Gasteiger partial charge in [0.15, 0.2) is 0 Å². The van der Waals surface area contributed by atoms with Gasteiger partial charge in [-0.3, -0.25) is 0 Å². The number of hydrogen-bond donors (Lipinski definition) is 0. The SMILES string of the molecule is [CH]1CCCN1N1CCCCC1. The zero-order valence-corrected chi connectivity index (χ0v) is 7.13. The van der Waals surface area contributed by atoms with Crippen LogP contribution in [-0.4, -0.2) is 29.7 Å². The maximum atomic E-state index is 2.51. The highest BCUT2D eigenvalue weighted by atomic mass is 15.6. The van der Waals surface area contributed by atoms with Crippen molar-refractivity contribution in [2.45, 2.75) is 32.1 Å². The maximum absolute atomic E-state index is 2.51. The van der Waals surface area contributed by atoms with Gasteiger partial charge in [0.05, 0.1) is 0 Å². The van der Waals surface area contributed by atoms with Gasteiger partial charge in [0, 0.05) is 26.2 Å². The van der Waals surface area contributed by atoms with E-state index in [0.29, 0.717) is 0 Å². The first kappa shape index (κ1) is 7.56. The van der Waals surface area contributed by atoms with Crippen LogP contribution in [0.3, 0.4) is 0 Å². The van der Waals surface area contributed by atoms with E-state index in [4.69, 9.17) is 0 Å². The minimum atomic E-state index is 1.26. The van der Waals surface area contributed by atoms with E-state index in [-0.39, 0.29) is 0 Å². The second kappa shape index (κ2) is 3.55. The number of piperidine rings is 1. The molecule has 0 aromatic heterocycles. The predicted octanol–water partition coefficient (Wildman–Crippen LogP) is 1.64. The van der Waals surface area contributed by atoms with Gasteiger partial charge in [-0.2, -0.15) is 0 Å². The lowest BCUT2D eigenvalue weighted by atomic mass is 10.2. The summed E-state index contributed by atoms with van der Waals surface area (Å²) in [7, 11) is 0. The Kier molecular flexibility index (Phi) is 2.44. The molecule has 0 saturated carbocycles. The van der Waals surface area contributed by atoms with Crippen molar-refractivity contribution < 1.29 is 0 Å². The van der Waals surface area contributed by atoms with Crippen molar-refractivity contribution >= 4 is 0 Å². The van der Waals surface area contributed by atoms with Gasteiger partial charge in [0.25, 0.3) is 0 Å². The van der Waals surface area contributed by atoms with Crippen LogP contribution in [-0.2, 0) is 0 Å². The van der Waals surface area contributed by atoms with Gasteiger partial charge >= 0.3 is 0 Å². The van der Waals surface area contributed by atoms with Crippen molar-refractivity contribution in [3.05, 3.63) is 6.54 Å². The summed E-state index contributed by atoms with van der Waals surface area (Å²) in [4.78, 5) is 0. The lowest BCUT2D eigenvalue weighted by Gasteiger charge is -2.34. The van der Waals surface area contributed by atoms with E-state index in [2.05, 4.69) is 16.6 Å². The highest BCUT2D eigenvalue weighted by Crippen LogP contribution is 2.19. The second-order valence-corrected chi connectivity index (χ2v) is 3.50. The standard InChI is InChI=1S/C9H17N2/c1-2-6-10(7-3-1)11-8-4-5-9-11/h8H,1-7,9H2. The summed E-state index contributed by atoms with van der Waals surface area (Å²) < 4.78 is 0. The summed E-state index contributed by atoms with van der Waals surface area (Å²) in [5, 5.41) is 4.94. The molecule has 2 aliphatic heterocycles. The van der Waals surface area contributed by atoms with Crippen LogP contribution in [0.25, 0.3) is 0 Å². The van der Waals surface area contributed by atoms with E-state index >= 15 is 0 Å². The molecule has 0 bridgehead atoms. The average Bonchev–Trinajstić information content (AvgIpc) is 2.58. The zero-order valence-electron chi connectivity index (χ0n) is 7.13. The van der Waals surface area contributed by atoms with Crippen LogP contribution in [0.1, 0.15) is 32.1 Å². The van der Waals surface area contributed by atoms with E-state index in [1.807, 2.05) is 0 Å². The fraction of sp³-hybridized carbons (Fsp3) is 0.889. The Morgan fingerprint density at radius 2 is 1.64 bits per heavy atom. The molecule has 0 N–H and O–H groups in total. The Hall–Kier alpha value is -0.0800. The number of hydrogen-bond acceptors (Lipinski definition) is 2. The maximum Gasteiger partial charge on any atom is 0.0416 e. The molecule has 0 aromatic carbocycles. The molecule has 2 heterocycles. The molecule has 0 aromatic rings. The Bertz CT molecular complexity index is 113. The van der Waals surface area contributed by atoms with Crippen molar-refractivity contribution in [3.63, 3.8) is 0 Å². The monoisotopic (exact) mass is 153 g/mol. The van der Waals surface area contributed by atoms with Crippen molar-refractivity contribution in [1.82, 2.24) is 10.0 Å². The summed E-state index contributed by atoms with van der Waals surface area (Å²) in [6.07, 6.45) is 6.87. The molecule has 2 nitrogen and oxygen atoms in total. The predicted molar refractivity (Wildman–Crippen MR) is 45.7 cm³/mol. The van der Waals surface area contributed by atoms with E-state index in [1.165, 1.54) is 51.7 Å². The normalized spacial score (nSPS) is 29.5. The molecule has 0 aliphatic carbocycles. The van der Waals surface area contributed by atoms with Gasteiger partial charge < -0.3 is 0 Å². The van der Waals surface area contributed by atoms with Gasteiger partial charge in [-0.15, -0.1) is 0 Å². The van der Waals surface area contributed by atoms with Crippen LogP contribution in [0.4, 0.5) is 0 Å². The van der Waals surface area contributed by atoms with Gasteiger partial charge in [-0.25, -0.2) is 10.0 Å². The van der Waals surface area contributed by atoms with Gasteiger partial charge in [0.2, 0.25) is 0 Å². The third-order valence-electron chi connectivity index (χ3n) is 2.63. The highest BCUT2D eigenvalue weighted by molar-refractivity contribution is 4.76. The van der Waals surface area contributed by atoms with Crippen LogP contribution in [0, 0.1) is 6.54 Å². The first-order chi connectivity index (χ1) is 5.47. The van der Waals surface area contributed by atoms with Gasteiger partial charge in [-0.1, -0.05) is 6.42 Å². The Labute approximate surface area is 69.1 Å². The highest BCUT2D eigenvalue weighted by Gasteiger charge is 2.20. The van der Waals surface area contributed by atoms with E-state index in [1.54, 1.807) is 0 Å². The molecule has 0 unspecified atom stereocenters. The van der Waals surface area contributed by atoms with E-state index in [0.717, 1.165) is 0 Å². The molecule has 2 rings (SSSR count). The van der Waals surface area contributed by atoms with Crippen LogP contribution in [0.5, 0.6) is 0 Å². The molecule has 0 atom stereocenters. The molecule has 1 radical (unpaired) electrons. The summed E-state index contributed by atoms with van der Waals surface area (Å²) in [5.41, 5.74) is 0. The molecule has 2 fully saturated rings. The average molecular weight is 153 g/mol. The Morgan fingerprint density at radius 3 is 2.27 bits per heavy atom. The van der Waals surface area contributed by atoms with Crippen LogP contribution in [0.15, 0.2) is 0 Å². The van der Waals surface area contributed by atoms with E-state index < -0.39 is 0 Å². The van der Waals surface area contributed by atoms with Crippen LogP contribution >= 0.6 is 0 Å². The molecule has 2 heteroatoms. The van der Waals surface area contributed by atoms with Crippen molar-refractivity contribution in [3.8, 4) is 0 Å². The summed E-state index contributed by atoms with van der Waals surface area (Å²) in [6, 6.07) is 0. The van der Waals surface area contributed by atoms with Crippen LogP contribution in [0.2, 0.25) is 0 Å². The van der Waals surface area contributed by atoms with E-state index in [9.17, 15) is 0 Å². The zero-order chi connectivity index (χ0) is 7.52. The fourth-order valence-electron chi connectivity index (χ4n) is 1.98. The van der Waals surface area contributed by atoms with Gasteiger partial charge in [-0.05, 0) is 25.7 Å². The molecule has 0 amide bonds. The quantitative estimate of drug-likeness (QED) is 0.565. The Balaban J connectivity index is 1.82. The molecule has 11 heavy (non-hydrogen) atoms. The minimum Gasteiger partial charge on any atom is -0.241 e. The summed E-state index contributed by atoms with van der Waals surface area (Å²) >= 11 is 0. The first-order valence-electron chi connectivity index (χ1n) is 4.82. The smallest absolute Gasteiger partial charge is 0.0416 e. The first-order valence-corrected chi connectivity index (χ1v) is 4.82. The van der Waals surface area contributed by atoms with Crippen LogP contribution < -0.4 is 0 Å². The molecule has 2 aliphatic rings. The third kappa shape index (κ3) is 1.74. The minimum absolute atomic E-state index is 1.26. The summed E-state index contributed by atoms with van der Waals surface area (Å²) in [6.45, 7) is 6.19. The molecule has 0 spiro atoms. The largest absolute Gasteiger partial charge is 0.241 e. The molecule has 2 saturated heterocycles. The number of rotatable bonds is 1. The molecule has 63 valence electrons. The summed E-state index contributed by atoms with van der Waals surface area (Å²) in [5.74, 6) is 0. The van der Waals surface area contributed by atoms with Crippen molar-refractivity contribution in [2.24, 2.45) is 0 Å². The second-order valence-electron chi connectivity index (χ2n) is 3.50. The van der Waals surface area contributed by atoms with Crippen molar-refractivity contribution in [2.75, 3.05) is 19.6 Å². The number of hydrazine groups is 1. The molecular formula is C9H17N2. The van der Waals surface area contributed by atoms with Gasteiger partial charge in [0.1, 0.15) is 0 Å².